The maximum absolute atomic E-state index is 9.52. The molecule has 0 aliphatic heterocycles. The number of benzene rings is 1. The van der Waals surface area contributed by atoms with Crippen LogP contribution in [0.3, 0.4) is 0 Å². The van der Waals surface area contributed by atoms with Crippen molar-refractivity contribution in [3.8, 4) is 11.5 Å². The lowest BCUT2D eigenvalue weighted by Gasteiger charge is -2.31. The predicted octanol–water partition coefficient (Wildman–Crippen LogP) is 2.99. The van der Waals surface area contributed by atoms with Crippen molar-refractivity contribution in [1.82, 2.24) is 5.32 Å². The minimum atomic E-state index is -0.307. The number of likely N-dealkylation sites (N-methyl/N-ethyl adjacent to an activating group) is 1. The molecule has 120 valence electrons. The van der Waals surface area contributed by atoms with E-state index >= 15 is 0 Å². The van der Waals surface area contributed by atoms with Crippen LogP contribution in [0.2, 0.25) is 0 Å². The molecule has 2 unspecified atom stereocenters. The van der Waals surface area contributed by atoms with Crippen LogP contribution in [-0.2, 0) is 0 Å². The van der Waals surface area contributed by atoms with Crippen LogP contribution >= 0.6 is 0 Å². The summed E-state index contributed by atoms with van der Waals surface area (Å²) in [6, 6.07) is 7.69. The Labute approximate surface area is 128 Å². The Morgan fingerprint density at radius 1 is 1.19 bits per heavy atom. The summed E-state index contributed by atoms with van der Waals surface area (Å²) in [5.41, 5.74) is -0.307. The van der Waals surface area contributed by atoms with Gasteiger partial charge in [0.25, 0.3) is 0 Å². The van der Waals surface area contributed by atoms with E-state index < -0.39 is 0 Å². The Morgan fingerprint density at radius 3 is 2.33 bits per heavy atom. The molecular formula is C17H29NO3. The largest absolute Gasteiger partial charge is 0.494 e. The minimum Gasteiger partial charge on any atom is -0.494 e. The average Bonchev–Trinajstić information content (AvgIpc) is 2.46. The molecule has 0 saturated heterocycles. The van der Waals surface area contributed by atoms with Crippen molar-refractivity contribution in [1.29, 1.82) is 0 Å². The number of aliphatic hydroxyl groups is 1. The SMILES string of the molecule is CCCOc1ccc(OC(C)CC(C)(CO)NCC)cc1. The number of ether oxygens (including phenoxy) is 2. The van der Waals surface area contributed by atoms with E-state index in [4.69, 9.17) is 9.47 Å². The highest BCUT2D eigenvalue weighted by Crippen LogP contribution is 2.21. The van der Waals surface area contributed by atoms with E-state index in [1.165, 1.54) is 0 Å². The lowest BCUT2D eigenvalue weighted by molar-refractivity contribution is 0.111. The van der Waals surface area contributed by atoms with Gasteiger partial charge in [-0.05, 0) is 51.1 Å². The maximum atomic E-state index is 9.52. The van der Waals surface area contributed by atoms with Gasteiger partial charge in [-0.25, -0.2) is 0 Å². The van der Waals surface area contributed by atoms with Gasteiger partial charge < -0.3 is 19.9 Å². The lowest BCUT2D eigenvalue weighted by Crippen LogP contribution is -2.48. The zero-order chi connectivity index (χ0) is 15.7. The summed E-state index contributed by atoms with van der Waals surface area (Å²) < 4.78 is 11.5. The van der Waals surface area contributed by atoms with Crippen LogP contribution in [0.1, 0.15) is 40.5 Å². The zero-order valence-corrected chi connectivity index (χ0v) is 13.7. The van der Waals surface area contributed by atoms with Crippen molar-refractivity contribution >= 4 is 0 Å². The molecule has 1 aromatic rings. The topological polar surface area (TPSA) is 50.7 Å². The molecule has 0 aliphatic carbocycles. The fraction of sp³-hybridized carbons (Fsp3) is 0.647. The van der Waals surface area contributed by atoms with E-state index in [1.807, 2.05) is 45.0 Å². The average molecular weight is 295 g/mol. The van der Waals surface area contributed by atoms with Gasteiger partial charge in [-0.15, -0.1) is 0 Å². The third-order valence-electron chi connectivity index (χ3n) is 3.32. The third kappa shape index (κ3) is 6.36. The number of rotatable bonds is 10. The molecule has 0 saturated carbocycles. The van der Waals surface area contributed by atoms with E-state index in [1.54, 1.807) is 0 Å². The van der Waals surface area contributed by atoms with Crippen molar-refractivity contribution in [3.05, 3.63) is 24.3 Å². The molecule has 0 fully saturated rings. The molecule has 0 radical (unpaired) electrons. The number of nitrogens with one attached hydrogen (secondary N) is 1. The summed E-state index contributed by atoms with van der Waals surface area (Å²) in [6.07, 6.45) is 1.76. The van der Waals surface area contributed by atoms with Crippen molar-refractivity contribution < 1.29 is 14.6 Å². The molecule has 0 aromatic heterocycles. The monoisotopic (exact) mass is 295 g/mol. The molecule has 0 bridgehead atoms. The van der Waals surface area contributed by atoms with Crippen molar-refractivity contribution in [2.24, 2.45) is 0 Å². The molecule has 2 atom stereocenters. The summed E-state index contributed by atoms with van der Waals surface area (Å²) in [5, 5.41) is 12.8. The van der Waals surface area contributed by atoms with E-state index in [9.17, 15) is 5.11 Å². The lowest BCUT2D eigenvalue weighted by atomic mass is 9.95. The smallest absolute Gasteiger partial charge is 0.119 e. The van der Waals surface area contributed by atoms with Gasteiger partial charge in [0.15, 0.2) is 0 Å². The molecule has 4 heteroatoms. The molecule has 0 amide bonds. The van der Waals surface area contributed by atoms with E-state index in [0.29, 0.717) is 0 Å². The molecule has 1 aromatic carbocycles. The van der Waals surface area contributed by atoms with Crippen molar-refractivity contribution in [2.45, 2.75) is 52.2 Å². The highest BCUT2D eigenvalue weighted by molar-refractivity contribution is 5.31. The second-order valence-corrected chi connectivity index (χ2v) is 5.70. The second-order valence-electron chi connectivity index (χ2n) is 5.70. The van der Waals surface area contributed by atoms with Gasteiger partial charge in [0, 0.05) is 12.0 Å². The van der Waals surface area contributed by atoms with Crippen LogP contribution in [-0.4, -0.2) is 36.5 Å². The molecule has 21 heavy (non-hydrogen) atoms. The predicted molar refractivity (Wildman–Crippen MR) is 86.1 cm³/mol. The first kappa shape index (κ1) is 17.8. The highest BCUT2D eigenvalue weighted by Gasteiger charge is 2.25. The highest BCUT2D eigenvalue weighted by atomic mass is 16.5. The summed E-state index contributed by atoms with van der Waals surface area (Å²) in [6.45, 7) is 9.81. The van der Waals surface area contributed by atoms with Crippen molar-refractivity contribution in [3.63, 3.8) is 0 Å². The summed E-state index contributed by atoms with van der Waals surface area (Å²) in [5.74, 6) is 1.69. The Bertz CT molecular complexity index is 394. The molecule has 0 aliphatic rings. The first-order valence-electron chi connectivity index (χ1n) is 7.78. The molecule has 1 rings (SSSR count). The standard InChI is InChI=1S/C17H29NO3/c1-5-11-20-15-7-9-16(10-8-15)21-14(3)12-17(4,13-19)18-6-2/h7-10,14,18-19H,5-6,11-13H2,1-4H3. The Hall–Kier alpha value is -1.26. The second kappa shape index (κ2) is 8.90. The number of hydrogen-bond donors (Lipinski definition) is 2. The van der Waals surface area contributed by atoms with Crippen LogP contribution in [0, 0.1) is 0 Å². The Balaban J connectivity index is 2.52. The van der Waals surface area contributed by atoms with Gasteiger partial charge >= 0.3 is 0 Å². The summed E-state index contributed by atoms with van der Waals surface area (Å²) >= 11 is 0. The number of aliphatic hydroxyl groups excluding tert-OH is 1. The number of hydrogen-bond acceptors (Lipinski definition) is 4. The van der Waals surface area contributed by atoms with Crippen molar-refractivity contribution in [2.75, 3.05) is 19.8 Å². The summed E-state index contributed by atoms with van der Waals surface area (Å²) in [4.78, 5) is 0. The quantitative estimate of drug-likeness (QED) is 0.697. The first-order chi connectivity index (χ1) is 10.0. The van der Waals surface area contributed by atoms with Crippen LogP contribution in [0.25, 0.3) is 0 Å². The van der Waals surface area contributed by atoms with Crippen LogP contribution in [0.15, 0.2) is 24.3 Å². The van der Waals surface area contributed by atoms with E-state index in [-0.39, 0.29) is 18.2 Å². The van der Waals surface area contributed by atoms with Crippen LogP contribution in [0.5, 0.6) is 11.5 Å². The maximum Gasteiger partial charge on any atom is 0.119 e. The molecule has 2 N–H and O–H groups in total. The molecule has 0 spiro atoms. The fourth-order valence-corrected chi connectivity index (χ4v) is 2.36. The normalized spacial score (nSPS) is 15.3. The minimum absolute atomic E-state index is 0.0172. The van der Waals surface area contributed by atoms with E-state index in [0.717, 1.165) is 37.5 Å². The molecule has 0 heterocycles. The molecule has 4 nitrogen and oxygen atoms in total. The van der Waals surface area contributed by atoms with Gasteiger partial charge in [0.1, 0.15) is 11.5 Å². The van der Waals surface area contributed by atoms with Gasteiger partial charge in [-0.2, -0.15) is 0 Å². The van der Waals surface area contributed by atoms with Crippen LogP contribution < -0.4 is 14.8 Å². The third-order valence-corrected chi connectivity index (χ3v) is 3.32. The Morgan fingerprint density at radius 2 is 1.81 bits per heavy atom. The Kier molecular flexibility index (Phi) is 7.54. The van der Waals surface area contributed by atoms with Crippen LogP contribution in [0.4, 0.5) is 0 Å². The summed E-state index contributed by atoms with van der Waals surface area (Å²) in [7, 11) is 0. The van der Waals surface area contributed by atoms with Gasteiger partial charge in [0.2, 0.25) is 0 Å². The van der Waals surface area contributed by atoms with Gasteiger partial charge in [-0.3, -0.25) is 0 Å². The fourth-order valence-electron chi connectivity index (χ4n) is 2.36. The zero-order valence-electron chi connectivity index (χ0n) is 13.7. The van der Waals surface area contributed by atoms with E-state index in [2.05, 4.69) is 12.2 Å². The van der Waals surface area contributed by atoms with Gasteiger partial charge in [-0.1, -0.05) is 13.8 Å². The molecular weight excluding hydrogens is 266 g/mol. The first-order valence-corrected chi connectivity index (χ1v) is 7.78. The van der Waals surface area contributed by atoms with Gasteiger partial charge in [0.05, 0.1) is 19.3 Å².